The van der Waals surface area contributed by atoms with Crippen molar-refractivity contribution in [3.8, 4) is 5.75 Å². The first-order valence-corrected chi connectivity index (χ1v) is 12.3. The van der Waals surface area contributed by atoms with Gasteiger partial charge in [-0.1, -0.05) is 18.2 Å². The smallest absolute Gasteiger partial charge is 0.329 e. The van der Waals surface area contributed by atoms with Crippen LogP contribution in [0.5, 0.6) is 5.75 Å². The van der Waals surface area contributed by atoms with Gasteiger partial charge in [0.25, 0.3) is 11.6 Å². The lowest BCUT2D eigenvalue weighted by Crippen LogP contribution is -3.11. The SMILES string of the molecule is CCOc1ccc(N2C(=O)Nc3ccccc3C2(O)C(=O)NCCC[NH+]2CCCCCC2)cc1. The monoisotopic (exact) mass is 467 g/mol. The number of benzene rings is 2. The Morgan fingerprint density at radius 3 is 2.53 bits per heavy atom. The standard InChI is InChI=1S/C26H34N4O4/c1-2-34-21-14-12-20(13-15-21)30-25(32)28-23-11-6-5-10-22(23)26(30,33)24(31)27-16-9-19-29-17-7-3-4-8-18-29/h5-6,10-15,33H,2-4,7-9,16-19H2,1H3,(H,27,31)(H,28,32)/p+1. The highest BCUT2D eigenvalue weighted by molar-refractivity contribution is 6.11. The van der Waals surface area contributed by atoms with Crippen LogP contribution in [0.15, 0.2) is 48.5 Å². The van der Waals surface area contributed by atoms with Gasteiger partial charge in [-0.05, 0) is 62.9 Å². The molecule has 1 saturated heterocycles. The van der Waals surface area contributed by atoms with Gasteiger partial charge < -0.3 is 25.4 Å². The van der Waals surface area contributed by atoms with Crippen LogP contribution >= 0.6 is 0 Å². The molecule has 2 aromatic rings. The summed E-state index contributed by atoms with van der Waals surface area (Å²) in [6, 6.07) is 13.0. The number of para-hydroxylation sites is 1. The van der Waals surface area contributed by atoms with Gasteiger partial charge >= 0.3 is 6.03 Å². The van der Waals surface area contributed by atoms with Crippen molar-refractivity contribution in [2.24, 2.45) is 0 Å². The van der Waals surface area contributed by atoms with Gasteiger partial charge in [-0.3, -0.25) is 9.69 Å². The summed E-state index contributed by atoms with van der Waals surface area (Å²) in [5.74, 6) is 0.0302. The highest BCUT2D eigenvalue weighted by Crippen LogP contribution is 2.40. The minimum atomic E-state index is -2.18. The van der Waals surface area contributed by atoms with Crippen molar-refractivity contribution >= 4 is 23.3 Å². The van der Waals surface area contributed by atoms with Crippen LogP contribution in [0.2, 0.25) is 0 Å². The Bertz CT molecular complexity index is 989. The fraction of sp³-hybridized carbons (Fsp3) is 0.462. The molecule has 2 aliphatic rings. The number of rotatable bonds is 8. The lowest BCUT2D eigenvalue weighted by molar-refractivity contribution is -0.899. The molecule has 0 spiro atoms. The summed E-state index contributed by atoms with van der Waals surface area (Å²) in [6.07, 6.45) is 5.93. The van der Waals surface area contributed by atoms with Gasteiger partial charge in [-0.2, -0.15) is 0 Å². The number of nitrogens with zero attached hydrogens (tertiary/aromatic N) is 1. The lowest BCUT2D eigenvalue weighted by atomic mass is 9.94. The Morgan fingerprint density at radius 2 is 1.82 bits per heavy atom. The van der Waals surface area contributed by atoms with E-state index in [0.29, 0.717) is 35.8 Å². The van der Waals surface area contributed by atoms with Crippen LogP contribution in [-0.4, -0.2) is 49.8 Å². The molecule has 2 heterocycles. The average Bonchev–Trinajstić information content (AvgIpc) is 3.12. The van der Waals surface area contributed by atoms with Crippen molar-refractivity contribution in [3.63, 3.8) is 0 Å². The van der Waals surface area contributed by atoms with E-state index in [-0.39, 0.29) is 0 Å². The highest BCUT2D eigenvalue weighted by atomic mass is 16.5. The molecule has 1 atom stereocenters. The summed E-state index contributed by atoms with van der Waals surface area (Å²) in [4.78, 5) is 29.3. The Hall–Kier alpha value is -3.10. The predicted molar refractivity (Wildman–Crippen MR) is 131 cm³/mol. The van der Waals surface area contributed by atoms with Crippen LogP contribution in [0, 0.1) is 0 Å². The van der Waals surface area contributed by atoms with Crippen LogP contribution in [0.1, 0.15) is 44.6 Å². The number of fused-ring (bicyclic) bond motifs is 1. The van der Waals surface area contributed by atoms with Crippen molar-refractivity contribution < 1.29 is 24.3 Å². The highest BCUT2D eigenvalue weighted by Gasteiger charge is 2.51. The molecule has 0 radical (unpaired) electrons. The van der Waals surface area contributed by atoms with Gasteiger partial charge in [0.2, 0.25) is 0 Å². The van der Waals surface area contributed by atoms with Crippen LogP contribution in [-0.2, 0) is 10.5 Å². The first kappa shape index (κ1) is 24.0. The maximum Gasteiger partial charge on any atom is 0.329 e. The van der Waals surface area contributed by atoms with E-state index in [9.17, 15) is 14.7 Å². The summed E-state index contributed by atoms with van der Waals surface area (Å²) < 4.78 is 5.49. The molecular formula is C26H35N4O4+. The fourth-order valence-electron chi connectivity index (χ4n) is 4.86. The second-order valence-corrected chi connectivity index (χ2v) is 8.93. The molecule has 2 aliphatic heterocycles. The number of quaternary nitrogens is 1. The molecule has 182 valence electrons. The number of hydrogen-bond donors (Lipinski definition) is 4. The van der Waals surface area contributed by atoms with E-state index in [1.807, 2.05) is 6.92 Å². The van der Waals surface area contributed by atoms with E-state index >= 15 is 0 Å². The third-order valence-electron chi connectivity index (χ3n) is 6.60. The summed E-state index contributed by atoms with van der Waals surface area (Å²) in [5.41, 5.74) is -1.04. The maximum absolute atomic E-state index is 13.5. The van der Waals surface area contributed by atoms with Crippen molar-refractivity contribution in [1.29, 1.82) is 0 Å². The number of urea groups is 1. The van der Waals surface area contributed by atoms with Gasteiger partial charge in [0.1, 0.15) is 5.75 Å². The van der Waals surface area contributed by atoms with E-state index in [1.54, 1.807) is 53.4 Å². The van der Waals surface area contributed by atoms with Gasteiger partial charge in [-0.15, -0.1) is 0 Å². The number of nitrogens with one attached hydrogen (secondary N) is 3. The minimum absolute atomic E-state index is 0.333. The lowest BCUT2D eigenvalue weighted by Gasteiger charge is -2.42. The van der Waals surface area contributed by atoms with E-state index in [4.69, 9.17) is 4.74 Å². The molecule has 0 aliphatic carbocycles. The third-order valence-corrected chi connectivity index (χ3v) is 6.60. The van der Waals surface area contributed by atoms with Crippen molar-refractivity contribution in [2.45, 2.75) is 44.8 Å². The summed E-state index contributed by atoms with van der Waals surface area (Å²) in [5, 5.41) is 17.5. The number of carbonyl (C=O) groups excluding carboxylic acids is 2. The molecule has 2 aromatic carbocycles. The van der Waals surface area contributed by atoms with Gasteiger partial charge in [0, 0.05) is 24.2 Å². The number of ether oxygens (including phenoxy) is 1. The largest absolute Gasteiger partial charge is 0.494 e. The first-order chi connectivity index (χ1) is 16.5. The molecule has 1 unspecified atom stereocenters. The number of amides is 3. The number of hydrogen-bond acceptors (Lipinski definition) is 4. The van der Waals surface area contributed by atoms with E-state index in [1.165, 1.54) is 38.8 Å². The molecule has 0 bridgehead atoms. The topological polar surface area (TPSA) is 95.3 Å². The molecule has 3 amide bonds. The van der Waals surface area contributed by atoms with E-state index in [2.05, 4.69) is 10.6 Å². The Kier molecular flexibility index (Phi) is 7.70. The molecular weight excluding hydrogens is 432 g/mol. The first-order valence-electron chi connectivity index (χ1n) is 12.3. The predicted octanol–water partition coefficient (Wildman–Crippen LogP) is 2.25. The van der Waals surface area contributed by atoms with Crippen LogP contribution in [0.25, 0.3) is 0 Å². The molecule has 8 nitrogen and oxygen atoms in total. The zero-order valence-electron chi connectivity index (χ0n) is 19.8. The average molecular weight is 468 g/mol. The van der Waals surface area contributed by atoms with Crippen LogP contribution in [0.4, 0.5) is 16.2 Å². The normalized spacial score (nSPS) is 20.8. The van der Waals surface area contributed by atoms with Crippen molar-refractivity contribution in [2.75, 3.05) is 43.0 Å². The van der Waals surface area contributed by atoms with Gasteiger partial charge in [-0.25, -0.2) is 4.79 Å². The number of likely N-dealkylation sites (tertiary alicyclic amines) is 1. The van der Waals surface area contributed by atoms with Crippen molar-refractivity contribution in [3.05, 3.63) is 54.1 Å². The van der Waals surface area contributed by atoms with Crippen molar-refractivity contribution in [1.82, 2.24) is 5.32 Å². The molecule has 0 aromatic heterocycles. The summed E-state index contributed by atoms with van der Waals surface area (Å²) in [6.45, 7) is 6.18. The molecule has 8 heteroatoms. The molecule has 4 rings (SSSR count). The number of aliphatic hydroxyl groups is 1. The third kappa shape index (κ3) is 5.03. The Morgan fingerprint density at radius 1 is 1.12 bits per heavy atom. The summed E-state index contributed by atoms with van der Waals surface area (Å²) >= 11 is 0. The quantitative estimate of drug-likeness (QED) is 0.448. The Balaban J connectivity index is 1.53. The second kappa shape index (κ2) is 10.9. The second-order valence-electron chi connectivity index (χ2n) is 8.93. The number of anilines is 2. The van der Waals surface area contributed by atoms with Gasteiger partial charge in [0.15, 0.2) is 0 Å². The fourth-order valence-corrected chi connectivity index (χ4v) is 4.86. The minimum Gasteiger partial charge on any atom is -0.494 e. The maximum atomic E-state index is 13.5. The van der Waals surface area contributed by atoms with Gasteiger partial charge in [0.05, 0.1) is 31.9 Å². The molecule has 1 fully saturated rings. The molecule has 4 N–H and O–H groups in total. The number of carbonyl (C=O) groups is 2. The zero-order valence-corrected chi connectivity index (χ0v) is 19.8. The van der Waals surface area contributed by atoms with E-state index < -0.39 is 17.7 Å². The zero-order chi connectivity index (χ0) is 24.0. The summed E-state index contributed by atoms with van der Waals surface area (Å²) in [7, 11) is 0. The van der Waals surface area contributed by atoms with E-state index in [0.717, 1.165) is 17.9 Å². The van der Waals surface area contributed by atoms with Crippen LogP contribution < -0.4 is 25.2 Å². The Labute approximate surface area is 200 Å². The van der Waals surface area contributed by atoms with Crippen LogP contribution in [0.3, 0.4) is 0 Å². The molecule has 0 saturated carbocycles. The molecule has 34 heavy (non-hydrogen) atoms.